The number of ether oxygens (including phenoxy) is 1. The fourth-order valence-corrected chi connectivity index (χ4v) is 3.54. The van der Waals surface area contributed by atoms with Gasteiger partial charge >= 0.3 is 6.09 Å². The Morgan fingerprint density at radius 3 is 2.38 bits per heavy atom. The van der Waals surface area contributed by atoms with Crippen LogP contribution in [0.5, 0.6) is 0 Å². The number of rotatable bonds is 3. The van der Waals surface area contributed by atoms with Gasteiger partial charge in [-0.3, -0.25) is 4.79 Å². The van der Waals surface area contributed by atoms with Crippen molar-refractivity contribution in [1.29, 1.82) is 0 Å². The molecule has 3 rings (SSSR count). The summed E-state index contributed by atoms with van der Waals surface area (Å²) < 4.78 is 5.01. The van der Waals surface area contributed by atoms with Crippen molar-refractivity contribution in [2.45, 2.75) is 39.0 Å². The van der Waals surface area contributed by atoms with Gasteiger partial charge in [0.1, 0.15) is 0 Å². The highest BCUT2D eigenvalue weighted by Gasteiger charge is 2.25. The van der Waals surface area contributed by atoms with Gasteiger partial charge < -0.3 is 14.5 Å². The quantitative estimate of drug-likeness (QED) is 0.855. The fraction of sp³-hybridized carbons (Fsp3) is 0.579. The van der Waals surface area contributed by atoms with Crippen molar-refractivity contribution in [3.63, 3.8) is 0 Å². The minimum absolute atomic E-state index is 0.147. The van der Waals surface area contributed by atoms with E-state index in [0.29, 0.717) is 39.2 Å². The van der Waals surface area contributed by atoms with E-state index in [1.807, 2.05) is 4.90 Å². The lowest BCUT2D eigenvalue weighted by Crippen LogP contribution is -2.51. The highest BCUT2D eigenvalue weighted by atomic mass is 16.6. The molecule has 0 radical (unpaired) electrons. The molecule has 24 heavy (non-hydrogen) atoms. The Balaban J connectivity index is 1.53. The first-order valence-corrected chi connectivity index (χ1v) is 8.97. The zero-order valence-electron chi connectivity index (χ0n) is 14.4. The molecule has 1 aliphatic carbocycles. The molecule has 0 N–H and O–H groups in total. The topological polar surface area (TPSA) is 49.9 Å². The number of nitrogens with zero attached hydrogens (tertiary/aromatic N) is 2. The molecule has 5 heteroatoms. The molecule has 1 heterocycles. The van der Waals surface area contributed by atoms with Crippen molar-refractivity contribution >= 4 is 12.0 Å². The number of carbonyl (C=O) groups is 2. The molecule has 2 amide bonds. The fourth-order valence-electron chi connectivity index (χ4n) is 3.54. The monoisotopic (exact) mass is 330 g/mol. The lowest BCUT2D eigenvalue weighted by Gasteiger charge is -2.34. The Labute approximate surface area is 143 Å². The Hall–Kier alpha value is -2.04. The van der Waals surface area contributed by atoms with E-state index in [1.54, 1.807) is 11.8 Å². The van der Waals surface area contributed by atoms with E-state index in [4.69, 9.17) is 4.74 Å². The Kier molecular flexibility index (Phi) is 5.38. The smallest absolute Gasteiger partial charge is 0.409 e. The molecule has 1 aromatic rings. The number of piperazine rings is 1. The summed E-state index contributed by atoms with van der Waals surface area (Å²) in [6.45, 7) is 4.46. The normalized spacial score (nSPS) is 17.4. The van der Waals surface area contributed by atoms with Gasteiger partial charge in [-0.05, 0) is 49.3 Å². The summed E-state index contributed by atoms with van der Waals surface area (Å²) in [5, 5.41) is 0. The van der Waals surface area contributed by atoms with Crippen LogP contribution in [0.4, 0.5) is 4.79 Å². The molecule has 2 aliphatic rings. The van der Waals surface area contributed by atoms with E-state index in [0.717, 1.165) is 12.0 Å². The third-order valence-electron chi connectivity index (χ3n) is 4.93. The lowest BCUT2D eigenvalue weighted by molar-refractivity contribution is -0.132. The molecule has 5 nitrogen and oxygen atoms in total. The Bertz CT molecular complexity index is 607. The van der Waals surface area contributed by atoms with Crippen LogP contribution in [0.25, 0.3) is 0 Å². The van der Waals surface area contributed by atoms with Crippen molar-refractivity contribution in [1.82, 2.24) is 9.80 Å². The average molecular weight is 330 g/mol. The maximum atomic E-state index is 12.5. The van der Waals surface area contributed by atoms with Crippen LogP contribution in [-0.2, 0) is 28.8 Å². The Morgan fingerprint density at radius 1 is 1.00 bits per heavy atom. The molecule has 0 spiro atoms. The van der Waals surface area contributed by atoms with E-state index in [2.05, 4.69) is 18.2 Å². The summed E-state index contributed by atoms with van der Waals surface area (Å²) in [5.74, 6) is 0.147. The van der Waals surface area contributed by atoms with Gasteiger partial charge in [-0.2, -0.15) is 0 Å². The number of amides is 2. The largest absolute Gasteiger partial charge is 0.450 e. The minimum atomic E-state index is -0.278. The standard InChI is InChI=1S/C19H26N2O3/c1-2-24-19(23)21-11-9-20(10-12-21)18(22)14-15-7-8-16-5-3-4-6-17(16)13-15/h7-8,13H,2-6,9-12,14H2,1H3. The van der Waals surface area contributed by atoms with Crippen molar-refractivity contribution in [3.8, 4) is 0 Å². The summed E-state index contributed by atoms with van der Waals surface area (Å²) in [6, 6.07) is 6.49. The van der Waals surface area contributed by atoms with E-state index in [9.17, 15) is 9.59 Å². The van der Waals surface area contributed by atoms with Gasteiger partial charge in [-0.25, -0.2) is 4.79 Å². The predicted octanol–water partition coefficient (Wildman–Crippen LogP) is 2.41. The molecule has 130 valence electrons. The molecule has 1 saturated heterocycles. The van der Waals surface area contributed by atoms with Gasteiger partial charge in [0.2, 0.25) is 5.91 Å². The number of carbonyl (C=O) groups excluding carboxylic acids is 2. The van der Waals surface area contributed by atoms with Gasteiger partial charge in [-0.15, -0.1) is 0 Å². The van der Waals surface area contributed by atoms with E-state index < -0.39 is 0 Å². The average Bonchev–Trinajstić information content (AvgIpc) is 2.62. The van der Waals surface area contributed by atoms with Crippen LogP contribution in [0.3, 0.4) is 0 Å². The predicted molar refractivity (Wildman–Crippen MR) is 92.0 cm³/mol. The first-order valence-electron chi connectivity index (χ1n) is 8.97. The first-order chi connectivity index (χ1) is 11.7. The maximum absolute atomic E-state index is 12.5. The van der Waals surface area contributed by atoms with Gasteiger partial charge in [0.25, 0.3) is 0 Å². The van der Waals surface area contributed by atoms with Crippen LogP contribution in [-0.4, -0.2) is 54.6 Å². The summed E-state index contributed by atoms with van der Waals surface area (Å²) in [7, 11) is 0. The highest BCUT2D eigenvalue weighted by molar-refractivity contribution is 5.79. The van der Waals surface area contributed by atoms with Gasteiger partial charge in [-0.1, -0.05) is 18.2 Å². The summed E-state index contributed by atoms with van der Waals surface area (Å²) in [5.41, 5.74) is 3.97. The number of fused-ring (bicyclic) bond motifs is 1. The molecule has 0 saturated carbocycles. The van der Waals surface area contributed by atoms with Gasteiger partial charge in [0.15, 0.2) is 0 Å². The summed E-state index contributed by atoms with van der Waals surface area (Å²) in [6.07, 6.45) is 5.00. The van der Waals surface area contributed by atoms with E-state index in [-0.39, 0.29) is 12.0 Å². The van der Waals surface area contributed by atoms with Crippen LogP contribution in [0.2, 0.25) is 0 Å². The van der Waals surface area contributed by atoms with Crippen molar-refractivity contribution in [2.75, 3.05) is 32.8 Å². The summed E-state index contributed by atoms with van der Waals surface area (Å²) >= 11 is 0. The van der Waals surface area contributed by atoms with Gasteiger partial charge in [0.05, 0.1) is 13.0 Å². The minimum Gasteiger partial charge on any atom is -0.450 e. The lowest BCUT2D eigenvalue weighted by atomic mass is 9.90. The van der Waals surface area contributed by atoms with Crippen LogP contribution in [0, 0.1) is 0 Å². The first kappa shape index (κ1) is 16.8. The second-order valence-corrected chi connectivity index (χ2v) is 6.55. The van der Waals surface area contributed by atoms with Crippen molar-refractivity contribution in [2.24, 2.45) is 0 Å². The zero-order chi connectivity index (χ0) is 16.9. The van der Waals surface area contributed by atoms with Crippen LogP contribution in [0.15, 0.2) is 18.2 Å². The number of aryl methyl sites for hydroxylation is 2. The molecular weight excluding hydrogens is 304 g/mol. The molecular formula is C19H26N2O3. The third-order valence-corrected chi connectivity index (χ3v) is 4.93. The van der Waals surface area contributed by atoms with Gasteiger partial charge in [0, 0.05) is 26.2 Å². The number of hydrogen-bond donors (Lipinski definition) is 0. The van der Waals surface area contributed by atoms with Crippen molar-refractivity contribution in [3.05, 3.63) is 34.9 Å². The summed E-state index contributed by atoms with van der Waals surface area (Å²) in [4.78, 5) is 27.8. The van der Waals surface area contributed by atoms with Crippen LogP contribution < -0.4 is 0 Å². The molecule has 0 bridgehead atoms. The van der Waals surface area contributed by atoms with E-state index >= 15 is 0 Å². The van der Waals surface area contributed by atoms with E-state index in [1.165, 1.54) is 30.4 Å². The number of benzene rings is 1. The zero-order valence-corrected chi connectivity index (χ0v) is 14.4. The second kappa shape index (κ2) is 7.69. The molecule has 0 aromatic heterocycles. The molecule has 0 atom stereocenters. The molecule has 0 unspecified atom stereocenters. The second-order valence-electron chi connectivity index (χ2n) is 6.55. The van der Waals surface area contributed by atoms with Crippen LogP contribution >= 0.6 is 0 Å². The molecule has 1 aromatic carbocycles. The van der Waals surface area contributed by atoms with Crippen molar-refractivity contribution < 1.29 is 14.3 Å². The van der Waals surface area contributed by atoms with Crippen LogP contribution in [0.1, 0.15) is 36.5 Å². The number of hydrogen-bond acceptors (Lipinski definition) is 3. The highest BCUT2D eigenvalue weighted by Crippen LogP contribution is 2.22. The third kappa shape index (κ3) is 3.89. The maximum Gasteiger partial charge on any atom is 0.409 e. The molecule has 1 fully saturated rings. The molecule has 1 aliphatic heterocycles. The SMILES string of the molecule is CCOC(=O)N1CCN(C(=O)Cc2ccc3c(c2)CCCC3)CC1. The Morgan fingerprint density at radius 2 is 1.67 bits per heavy atom.